The van der Waals surface area contributed by atoms with Crippen molar-refractivity contribution < 1.29 is 80.8 Å². The van der Waals surface area contributed by atoms with E-state index in [9.17, 15) is 19.2 Å². The van der Waals surface area contributed by atoms with Crippen LogP contribution in [0, 0.1) is 0 Å². The minimum atomic E-state index is -0.767. The lowest BCUT2D eigenvalue weighted by Crippen LogP contribution is -2.36. The molecular weight excluding hydrogens is 986 g/mol. The number of benzene rings is 3. The summed E-state index contributed by atoms with van der Waals surface area (Å²) < 4.78 is 72.9. The van der Waals surface area contributed by atoms with Gasteiger partial charge in [-0.2, -0.15) is 0 Å². The van der Waals surface area contributed by atoms with Gasteiger partial charge in [0.1, 0.15) is 69.2 Å². The van der Waals surface area contributed by atoms with Gasteiger partial charge in [0.05, 0.1) is 109 Å². The molecule has 3 heterocycles. The molecule has 18 nitrogen and oxygen atoms in total. The second-order valence-corrected chi connectivity index (χ2v) is 14.9. The molecule has 3 aliphatic heterocycles. The number of halogens is 2. The molecular formula is C45H55Br2NO17. The summed E-state index contributed by atoms with van der Waals surface area (Å²) in [4.78, 5) is 52.7. The molecule has 0 aliphatic carbocycles. The average Bonchev–Trinajstić information content (AvgIpc) is 3.56. The van der Waals surface area contributed by atoms with Gasteiger partial charge in [-0.25, -0.2) is 4.79 Å². The molecule has 0 fully saturated rings. The highest BCUT2D eigenvalue weighted by molar-refractivity contribution is 9.08. The minimum Gasteiger partial charge on any atom is -0.491 e. The summed E-state index contributed by atoms with van der Waals surface area (Å²) in [5, 5.41) is 0.750. The van der Waals surface area contributed by atoms with Crippen LogP contribution in [0.1, 0.15) is 42.2 Å². The van der Waals surface area contributed by atoms with E-state index in [2.05, 4.69) is 31.9 Å². The van der Waals surface area contributed by atoms with Crippen molar-refractivity contribution in [3.05, 3.63) is 82.4 Å². The zero-order valence-corrected chi connectivity index (χ0v) is 39.3. The van der Waals surface area contributed by atoms with E-state index in [1.54, 1.807) is 18.2 Å². The van der Waals surface area contributed by atoms with Crippen LogP contribution in [-0.4, -0.2) is 167 Å². The van der Waals surface area contributed by atoms with Gasteiger partial charge in [-0.05, 0) is 47.5 Å². The van der Waals surface area contributed by atoms with Crippen LogP contribution >= 0.6 is 31.9 Å². The van der Waals surface area contributed by atoms with Crippen LogP contribution < -0.4 is 18.9 Å². The largest absolute Gasteiger partial charge is 0.491 e. The number of fused-ring (bicyclic) bond motifs is 27. The molecule has 0 spiro atoms. The zero-order valence-electron chi connectivity index (χ0n) is 36.1. The van der Waals surface area contributed by atoms with Crippen molar-refractivity contribution in [2.24, 2.45) is 0 Å². The first-order chi connectivity index (χ1) is 31.9. The number of alkyl halides is 2. The van der Waals surface area contributed by atoms with E-state index in [-0.39, 0.29) is 69.5 Å². The lowest BCUT2D eigenvalue weighted by molar-refractivity contribution is -0.145. The summed E-state index contributed by atoms with van der Waals surface area (Å²) in [5.41, 5.74) is 2.06. The molecule has 3 aromatic carbocycles. The second-order valence-electron chi connectivity index (χ2n) is 13.8. The summed E-state index contributed by atoms with van der Waals surface area (Å²) in [5.74, 6) is -0.347. The highest BCUT2D eigenvalue weighted by atomic mass is 79.9. The van der Waals surface area contributed by atoms with Crippen molar-refractivity contribution in [2.75, 3.05) is 139 Å². The molecule has 0 N–H and O–H groups in total. The van der Waals surface area contributed by atoms with Gasteiger partial charge in [-0.15, -0.1) is 0 Å². The normalized spacial score (nSPS) is 16.9. The topological polar surface area (TPSA) is 192 Å². The van der Waals surface area contributed by atoms with Gasteiger partial charge in [0, 0.05) is 16.7 Å². The summed E-state index contributed by atoms with van der Waals surface area (Å²) in [7, 11) is 0. The molecule has 65 heavy (non-hydrogen) atoms. The van der Waals surface area contributed by atoms with Gasteiger partial charge in [-0.3, -0.25) is 19.3 Å². The Labute approximate surface area is 394 Å². The Morgan fingerprint density at radius 3 is 1.25 bits per heavy atom. The van der Waals surface area contributed by atoms with Crippen molar-refractivity contribution in [2.45, 2.75) is 10.7 Å². The summed E-state index contributed by atoms with van der Waals surface area (Å²) >= 11 is 6.71. The van der Waals surface area contributed by atoms with Crippen LogP contribution in [0.15, 0.2) is 54.6 Å². The fraction of sp³-hybridized carbons (Fsp3) is 0.511. The first kappa shape index (κ1) is 51.6. The van der Waals surface area contributed by atoms with Crippen molar-refractivity contribution in [1.29, 1.82) is 0 Å². The molecule has 0 atom stereocenters. The van der Waals surface area contributed by atoms with E-state index in [1.165, 1.54) is 12.1 Å². The van der Waals surface area contributed by atoms with Crippen LogP contribution in [0.5, 0.6) is 23.0 Å². The number of imide groups is 1. The number of hydrogen-bond acceptors (Lipinski definition) is 17. The SMILES string of the molecule is O=C(CN1C(=O)c2c(CBr)ccc(CBr)c2C1=O)OCCOCCOC(=O)c1cc2cc(c1)OCCOCCOCCOCCOc1ccc(cc1)OCCOCCOCCOCCO2. The van der Waals surface area contributed by atoms with Crippen LogP contribution in [0.3, 0.4) is 0 Å². The van der Waals surface area contributed by atoms with Crippen molar-refractivity contribution in [1.82, 2.24) is 4.90 Å². The number of esters is 2. The number of hydrogen-bond donors (Lipinski definition) is 0. The fourth-order valence-corrected chi connectivity index (χ4v) is 7.05. The van der Waals surface area contributed by atoms with Gasteiger partial charge in [0.15, 0.2) is 0 Å². The van der Waals surface area contributed by atoms with Crippen LogP contribution in [0.2, 0.25) is 0 Å². The van der Waals surface area contributed by atoms with Crippen LogP contribution in [0.25, 0.3) is 0 Å². The predicted molar refractivity (Wildman–Crippen MR) is 239 cm³/mol. The molecule has 20 heteroatoms. The molecule has 356 valence electrons. The maximum absolute atomic E-state index is 13.1. The Bertz CT molecular complexity index is 1820. The first-order valence-electron chi connectivity index (χ1n) is 21.1. The van der Waals surface area contributed by atoms with E-state index >= 15 is 0 Å². The third-order valence-corrected chi connectivity index (χ3v) is 10.4. The maximum atomic E-state index is 13.1. The smallest absolute Gasteiger partial charge is 0.338 e. The van der Waals surface area contributed by atoms with Gasteiger partial charge in [0.25, 0.3) is 11.8 Å². The number of amides is 2. The predicted octanol–water partition coefficient (Wildman–Crippen LogP) is 4.82. The number of ether oxygens (including phenoxy) is 13. The fourth-order valence-electron chi connectivity index (χ4n) is 6.12. The summed E-state index contributed by atoms with van der Waals surface area (Å²) in [6.45, 7) is 4.83. The monoisotopic (exact) mass is 1040 g/mol. The molecule has 2 amide bonds. The van der Waals surface area contributed by atoms with Crippen LogP contribution in [0.4, 0.5) is 0 Å². The lowest BCUT2D eigenvalue weighted by Gasteiger charge is -2.14. The second kappa shape index (κ2) is 30.0. The standard InChI is InChI=1S/C45H55Br2NO17/c46-30-33-1-2-34(31-47)42-41(33)43(50)48(44(42)51)32-40(49)64-25-19-59-20-26-65-45(52)35-27-38-29-39(28-35)63-24-18-58-14-10-54-8-12-56-16-22-61-37-4-3-36(5-6-37)60-21-15-55-11-7-53-9-13-57-17-23-62-38/h1-6,27-29H,7-26,30-32H2. The number of carbonyl (C=O) groups is 4. The lowest BCUT2D eigenvalue weighted by atomic mass is 9.99. The van der Waals surface area contributed by atoms with Crippen molar-refractivity contribution >= 4 is 55.6 Å². The highest BCUT2D eigenvalue weighted by Crippen LogP contribution is 2.31. The first-order valence-corrected chi connectivity index (χ1v) is 23.4. The summed E-state index contributed by atoms with van der Waals surface area (Å²) in [6.07, 6.45) is 0. The number of carbonyl (C=O) groups excluding carboxylic acids is 4. The molecule has 0 radical (unpaired) electrons. The minimum absolute atomic E-state index is 0.00698. The zero-order chi connectivity index (χ0) is 45.9. The van der Waals surface area contributed by atoms with Gasteiger partial charge in [-0.1, -0.05) is 44.0 Å². The Hall–Kier alpha value is -4.38. The Morgan fingerprint density at radius 1 is 0.477 bits per heavy atom. The molecule has 0 saturated carbocycles. The third-order valence-electron chi connectivity index (χ3n) is 9.24. The Kier molecular flexibility index (Phi) is 23.8. The molecule has 0 saturated heterocycles. The third kappa shape index (κ3) is 18.1. The van der Waals surface area contributed by atoms with E-state index < -0.39 is 30.3 Å². The summed E-state index contributed by atoms with van der Waals surface area (Å²) in [6, 6.07) is 15.6. The van der Waals surface area contributed by atoms with Crippen molar-refractivity contribution in [3.8, 4) is 23.0 Å². The quantitative estimate of drug-likeness (QED) is 0.0835. The van der Waals surface area contributed by atoms with Crippen LogP contribution in [-0.2, 0) is 58.1 Å². The number of nitrogens with zero attached hydrogens (tertiary/aromatic N) is 1. The molecule has 3 aliphatic rings. The maximum Gasteiger partial charge on any atom is 0.338 e. The molecule has 0 unspecified atom stereocenters. The van der Waals surface area contributed by atoms with Gasteiger partial charge < -0.3 is 61.6 Å². The van der Waals surface area contributed by atoms with Gasteiger partial charge in [0.2, 0.25) is 0 Å². The van der Waals surface area contributed by atoms with E-state index in [0.717, 1.165) is 4.90 Å². The highest BCUT2D eigenvalue weighted by Gasteiger charge is 2.40. The van der Waals surface area contributed by atoms with E-state index in [1.807, 2.05) is 24.3 Å². The molecule has 3 aromatic rings. The van der Waals surface area contributed by atoms with E-state index in [4.69, 9.17) is 61.6 Å². The van der Waals surface area contributed by atoms with E-state index in [0.29, 0.717) is 124 Å². The Morgan fingerprint density at radius 2 is 0.846 bits per heavy atom. The van der Waals surface area contributed by atoms with Gasteiger partial charge >= 0.3 is 11.9 Å². The molecule has 4 bridgehead atoms. The molecule has 6 rings (SSSR count). The Balaban J connectivity index is 1.01. The molecule has 0 aromatic heterocycles. The number of rotatable bonds is 11. The van der Waals surface area contributed by atoms with Crippen molar-refractivity contribution in [3.63, 3.8) is 0 Å². The average molecular weight is 1040 g/mol.